The van der Waals surface area contributed by atoms with Gasteiger partial charge in [0.2, 0.25) is 0 Å². The van der Waals surface area contributed by atoms with E-state index in [4.69, 9.17) is 11.6 Å². The highest BCUT2D eigenvalue weighted by Crippen LogP contribution is 2.21. The van der Waals surface area contributed by atoms with Gasteiger partial charge < -0.3 is 9.13 Å². The van der Waals surface area contributed by atoms with Crippen LogP contribution in [-0.4, -0.2) is 20.4 Å². The van der Waals surface area contributed by atoms with Crippen LogP contribution in [0.1, 0.15) is 16.2 Å². The van der Waals surface area contributed by atoms with Crippen molar-refractivity contribution in [2.24, 2.45) is 7.05 Å². The largest absolute Gasteiger partial charge is 0.339 e. The van der Waals surface area contributed by atoms with Crippen molar-refractivity contribution < 1.29 is 4.79 Å². The summed E-state index contributed by atoms with van der Waals surface area (Å²) in [5, 5.41) is 1.56. The Bertz CT molecular complexity index is 757. The number of halogens is 1. The summed E-state index contributed by atoms with van der Waals surface area (Å²) in [5.41, 5.74) is 1.71. The quantitative estimate of drug-likeness (QED) is 0.689. The van der Waals surface area contributed by atoms with E-state index in [2.05, 4.69) is 4.98 Å². The lowest BCUT2D eigenvalue weighted by Gasteiger charge is -2.05. The zero-order valence-corrected chi connectivity index (χ0v) is 11.1. The average molecular weight is 274 g/mol. The molecule has 96 valence electrons. The molecule has 1 aromatic carbocycles. The Morgan fingerprint density at radius 2 is 2.16 bits per heavy atom. The Balaban J connectivity index is 2.10. The number of nitrogens with zero attached hydrogens (tertiary/aromatic N) is 3. The van der Waals surface area contributed by atoms with Gasteiger partial charge in [0, 0.05) is 29.7 Å². The Labute approximate surface area is 115 Å². The second kappa shape index (κ2) is 4.55. The topological polar surface area (TPSA) is 39.8 Å². The SMILES string of the molecule is Cn1c(Cl)cnc1Cn1cc(C=O)c2ccccc21. The minimum Gasteiger partial charge on any atom is -0.339 e. The molecule has 0 spiro atoms. The number of benzene rings is 1. The highest BCUT2D eigenvalue weighted by atomic mass is 35.5. The number of fused-ring (bicyclic) bond motifs is 1. The van der Waals surface area contributed by atoms with Crippen LogP contribution in [0.25, 0.3) is 10.9 Å². The molecule has 3 rings (SSSR count). The molecule has 0 bridgehead atoms. The Hall–Kier alpha value is -2.07. The third-order valence-electron chi connectivity index (χ3n) is 3.29. The number of aromatic nitrogens is 3. The molecule has 4 nitrogen and oxygen atoms in total. The van der Waals surface area contributed by atoms with Gasteiger partial charge in [-0.25, -0.2) is 4.98 Å². The minimum atomic E-state index is 0.581. The lowest BCUT2D eigenvalue weighted by molar-refractivity contribution is 0.112. The molecule has 0 atom stereocenters. The fourth-order valence-electron chi connectivity index (χ4n) is 2.22. The Morgan fingerprint density at radius 3 is 2.84 bits per heavy atom. The van der Waals surface area contributed by atoms with Crippen LogP contribution in [0.5, 0.6) is 0 Å². The maximum absolute atomic E-state index is 11.1. The zero-order valence-electron chi connectivity index (χ0n) is 10.4. The van der Waals surface area contributed by atoms with Crippen LogP contribution in [0.2, 0.25) is 5.15 Å². The van der Waals surface area contributed by atoms with Crippen LogP contribution in [-0.2, 0) is 13.6 Å². The molecular weight excluding hydrogens is 262 g/mol. The Kier molecular flexibility index (Phi) is 2.87. The molecule has 0 aliphatic carbocycles. The van der Waals surface area contributed by atoms with Crippen molar-refractivity contribution in [1.29, 1.82) is 0 Å². The highest BCUT2D eigenvalue weighted by Gasteiger charge is 2.10. The molecule has 0 unspecified atom stereocenters. The molecule has 0 saturated carbocycles. The first kappa shape index (κ1) is 12.0. The van der Waals surface area contributed by atoms with Gasteiger partial charge in [-0.3, -0.25) is 4.79 Å². The number of carbonyl (C=O) groups is 1. The van der Waals surface area contributed by atoms with Crippen molar-refractivity contribution in [2.75, 3.05) is 0 Å². The van der Waals surface area contributed by atoms with E-state index in [1.54, 1.807) is 6.20 Å². The molecular formula is C14H12ClN3O. The maximum atomic E-state index is 11.1. The van der Waals surface area contributed by atoms with Gasteiger partial charge in [0.05, 0.1) is 12.7 Å². The fourth-order valence-corrected chi connectivity index (χ4v) is 2.37. The number of hydrogen-bond acceptors (Lipinski definition) is 2. The summed E-state index contributed by atoms with van der Waals surface area (Å²) in [6.07, 6.45) is 4.35. The van der Waals surface area contributed by atoms with Gasteiger partial charge in [-0.1, -0.05) is 29.8 Å². The van der Waals surface area contributed by atoms with E-state index in [0.717, 1.165) is 23.0 Å². The molecule has 2 heterocycles. The third kappa shape index (κ3) is 1.94. The van der Waals surface area contributed by atoms with E-state index < -0.39 is 0 Å². The molecule has 5 heteroatoms. The fraction of sp³-hybridized carbons (Fsp3) is 0.143. The summed E-state index contributed by atoms with van der Waals surface area (Å²) in [5.74, 6) is 0.850. The van der Waals surface area contributed by atoms with Crippen molar-refractivity contribution in [2.45, 2.75) is 6.54 Å². The summed E-state index contributed by atoms with van der Waals surface area (Å²) in [6.45, 7) is 0.581. The molecule has 0 N–H and O–H groups in total. The predicted octanol–water partition coefficient (Wildman–Crippen LogP) is 2.89. The van der Waals surface area contributed by atoms with Gasteiger partial charge in [0.1, 0.15) is 11.0 Å². The van der Waals surface area contributed by atoms with Gasteiger partial charge in [-0.05, 0) is 6.07 Å². The first-order chi connectivity index (χ1) is 9.20. The molecule has 0 fully saturated rings. The summed E-state index contributed by atoms with van der Waals surface area (Å²) in [4.78, 5) is 15.4. The summed E-state index contributed by atoms with van der Waals surface area (Å²) < 4.78 is 3.84. The second-order valence-electron chi connectivity index (χ2n) is 4.40. The smallest absolute Gasteiger partial charge is 0.152 e. The van der Waals surface area contributed by atoms with Crippen LogP contribution in [0, 0.1) is 0 Å². The first-order valence-electron chi connectivity index (χ1n) is 5.90. The van der Waals surface area contributed by atoms with Crippen molar-refractivity contribution in [1.82, 2.24) is 14.1 Å². The average Bonchev–Trinajstić information content (AvgIpc) is 2.95. The van der Waals surface area contributed by atoms with E-state index in [1.807, 2.05) is 46.6 Å². The van der Waals surface area contributed by atoms with Crippen LogP contribution in [0.4, 0.5) is 0 Å². The lowest BCUT2D eigenvalue weighted by Crippen LogP contribution is -2.05. The predicted molar refractivity (Wildman–Crippen MR) is 74.6 cm³/mol. The standard InChI is InChI=1S/C14H12ClN3O/c1-17-13(15)6-16-14(17)8-18-7-10(9-19)11-4-2-3-5-12(11)18/h2-7,9H,8H2,1H3. The number of rotatable bonds is 3. The van der Waals surface area contributed by atoms with Crippen molar-refractivity contribution in [3.8, 4) is 0 Å². The van der Waals surface area contributed by atoms with Crippen molar-refractivity contribution in [3.63, 3.8) is 0 Å². The summed E-state index contributed by atoms with van der Waals surface area (Å²) >= 11 is 5.98. The van der Waals surface area contributed by atoms with E-state index >= 15 is 0 Å². The molecule has 2 aromatic heterocycles. The van der Waals surface area contributed by atoms with Crippen LogP contribution in [0.3, 0.4) is 0 Å². The minimum absolute atomic E-state index is 0.581. The van der Waals surface area contributed by atoms with Crippen LogP contribution in [0.15, 0.2) is 36.7 Å². The summed E-state index contributed by atoms with van der Waals surface area (Å²) in [6, 6.07) is 7.82. The zero-order chi connectivity index (χ0) is 13.4. The van der Waals surface area contributed by atoms with Gasteiger partial charge in [0.15, 0.2) is 6.29 Å². The number of aldehydes is 1. The lowest BCUT2D eigenvalue weighted by atomic mass is 10.2. The van der Waals surface area contributed by atoms with E-state index in [0.29, 0.717) is 17.3 Å². The number of para-hydroxylation sites is 1. The number of hydrogen-bond donors (Lipinski definition) is 0. The van der Waals surface area contributed by atoms with E-state index in [-0.39, 0.29) is 0 Å². The molecule has 0 saturated heterocycles. The number of carbonyl (C=O) groups excluding carboxylic acids is 1. The molecule has 0 radical (unpaired) electrons. The van der Waals surface area contributed by atoms with E-state index in [9.17, 15) is 4.79 Å². The molecule has 3 aromatic rings. The second-order valence-corrected chi connectivity index (χ2v) is 4.79. The van der Waals surface area contributed by atoms with Gasteiger partial charge in [0.25, 0.3) is 0 Å². The van der Waals surface area contributed by atoms with Gasteiger partial charge in [-0.2, -0.15) is 0 Å². The Morgan fingerprint density at radius 1 is 1.37 bits per heavy atom. The van der Waals surface area contributed by atoms with Crippen LogP contribution >= 0.6 is 11.6 Å². The van der Waals surface area contributed by atoms with Crippen LogP contribution < -0.4 is 0 Å². The van der Waals surface area contributed by atoms with Crippen molar-refractivity contribution >= 4 is 28.8 Å². The maximum Gasteiger partial charge on any atom is 0.152 e. The number of imidazole rings is 1. The van der Waals surface area contributed by atoms with Gasteiger partial charge >= 0.3 is 0 Å². The highest BCUT2D eigenvalue weighted by molar-refractivity contribution is 6.29. The molecule has 0 aliphatic heterocycles. The monoisotopic (exact) mass is 273 g/mol. The molecule has 19 heavy (non-hydrogen) atoms. The summed E-state index contributed by atoms with van der Waals surface area (Å²) in [7, 11) is 1.87. The van der Waals surface area contributed by atoms with E-state index in [1.165, 1.54) is 0 Å². The first-order valence-corrected chi connectivity index (χ1v) is 6.27. The molecule has 0 amide bonds. The van der Waals surface area contributed by atoms with Crippen molar-refractivity contribution in [3.05, 3.63) is 53.2 Å². The molecule has 0 aliphatic rings. The third-order valence-corrected chi connectivity index (χ3v) is 3.64. The normalized spacial score (nSPS) is 11.1. The van der Waals surface area contributed by atoms with Gasteiger partial charge in [-0.15, -0.1) is 0 Å².